The summed E-state index contributed by atoms with van der Waals surface area (Å²) in [6, 6.07) is 26.1. The van der Waals surface area contributed by atoms with Crippen LogP contribution < -0.4 is 15.6 Å². The Morgan fingerprint density at radius 3 is 2.11 bits per heavy atom. The number of aliphatic hydroxyl groups excluding tert-OH is 1. The van der Waals surface area contributed by atoms with Crippen molar-refractivity contribution in [3.05, 3.63) is 118 Å². The summed E-state index contributed by atoms with van der Waals surface area (Å²) in [5, 5.41) is 14.6. The van der Waals surface area contributed by atoms with Crippen molar-refractivity contribution in [2.45, 2.75) is 89.8 Å². The number of methoxy groups -OCH3 is 1. The van der Waals surface area contributed by atoms with Gasteiger partial charge < -0.3 is 23.7 Å². The zero-order valence-corrected chi connectivity index (χ0v) is 42.0. The molecular weight excluding hydrogens is 927 g/mol. The lowest BCUT2D eigenvalue weighted by Gasteiger charge is -2.41. The van der Waals surface area contributed by atoms with Gasteiger partial charge in [-0.1, -0.05) is 107 Å². The van der Waals surface area contributed by atoms with Crippen molar-refractivity contribution in [2.75, 3.05) is 19.0 Å². The van der Waals surface area contributed by atoms with Gasteiger partial charge in [-0.15, -0.1) is 0 Å². The van der Waals surface area contributed by atoms with Crippen LogP contribution in [0, 0.1) is 12.8 Å². The summed E-state index contributed by atoms with van der Waals surface area (Å²) in [5.74, 6) is 0.0305. The van der Waals surface area contributed by atoms with Crippen LogP contribution in [0.15, 0.2) is 90.0 Å². The normalized spacial score (nSPS) is 18.7. The average molecular weight is 978 g/mol. The van der Waals surface area contributed by atoms with E-state index in [2.05, 4.69) is 101 Å². The zero-order chi connectivity index (χ0) is 44.5. The van der Waals surface area contributed by atoms with Crippen LogP contribution in [0.5, 0.6) is 5.75 Å². The van der Waals surface area contributed by atoms with E-state index in [9.17, 15) is 14.7 Å². The maximum Gasteiger partial charge on any atom is 0.280 e. The maximum atomic E-state index is 13.1. The topological polar surface area (TPSA) is 150 Å². The number of nitrogens with zero attached hydrogens (tertiary/aromatic N) is 3. The Morgan fingerprint density at radius 2 is 1.56 bits per heavy atom. The van der Waals surface area contributed by atoms with Gasteiger partial charge in [0.2, 0.25) is 11.9 Å². The number of aromatic amines is 1. The molecule has 0 spiro atoms. The molecule has 328 valence electrons. The third kappa shape index (κ3) is 11.5. The first-order valence-corrected chi connectivity index (χ1v) is 30.2. The van der Waals surface area contributed by atoms with Crippen LogP contribution in [-0.2, 0) is 91.1 Å². The van der Waals surface area contributed by atoms with Gasteiger partial charge in [-0.3, -0.25) is 24.5 Å². The minimum Gasteiger partial charge on any atom is -0.497 e. The molecule has 2 unspecified atom stereocenters. The quantitative estimate of drug-likeness (QED) is 0.0910. The summed E-state index contributed by atoms with van der Waals surface area (Å²) < 4.78 is 28.0. The molecule has 0 radical (unpaired) electrons. The summed E-state index contributed by atoms with van der Waals surface area (Å²) in [6.45, 7) is 16.2. The number of carbonyl (C=O) groups is 1. The number of ether oxygens (including phenoxy) is 3. The number of imidazole rings is 1. The lowest BCUT2D eigenvalue weighted by molar-refractivity contribution is -0.118. The minimum atomic E-state index is -2.50. The van der Waals surface area contributed by atoms with E-state index in [0.717, 1.165) is 22.3 Å². The lowest BCUT2D eigenvalue weighted by Crippen LogP contribution is -2.50. The molecule has 0 saturated carbocycles. The Balaban J connectivity index is 0.000000925. The number of fused-ring (bicyclic) bond motifs is 1. The highest BCUT2D eigenvalue weighted by Crippen LogP contribution is 2.45. The van der Waals surface area contributed by atoms with E-state index in [1.165, 1.54) is 28.7 Å². The third-order valence-corrected chi connectivity index (χ3v) is 24.1. The highest BCUT2D eigenvalue weighted by Gasteiger charge is 2.52. The van der Waals surface area contributed by atoms with Gasteiger partial charge in [-0.25, -0.2) is 4.98 Å². The SMILES string of the molecule is COc1ccc(C(OC[C@H]2O[C@@H](n3cnc4c(=O)[nH]c(NC(=O)C(C)C)nc43)[C@@H](O)C2O[Si](C)(C)C(C)(C)C)(c2ccccc2)c2ccc(C)cc2)cc1.S=S=S=S=S=S=S. The zero-order valence-electron chi connectivity index (χ0n) is 35.3. The first-order chi connectivity index (χ1) is 29.0. The number of hydrogen-bond donors (Lipinski definition) is 3. The van der Waals surface area contributed by atoms with E-state index in [1.807, 2.05) is 61.5 Å². The second-order valence-corrected chi connectivity index (χ2v) is 29.7. The smallest absolute Gasteiger partial charge is 0.280 e. The van der Waals surface area contributed by atoms with Crippen LogP contribution in [0.2, 0.25) is 18.1 Å². The molecule has 2 aromatic heterocycles. The Morgan fingerprint density at radius 1 is 0.967 bits per heavy atom. The van der Waals surface area contributed by atoms with E-state index in [4.69, 9.17) is 18.6 Å². The van der Waals surface area contributed by atoms with Gasteiger partial charge in [0.05, 0.1) is 20.0 Å². The minimum absolute atomic E-state index is 0.0119. The molecule has 61 heavy (non-hydrogen) atoms. The molecule has 1 aliphatic rings. The Kier molecular flexibility index (Phi) is 17.2. The highest BCUT2D eigenvalue weighted by molar-refractivity contribution is 8.68. The molecule has 1 fully saturated rings. The second kappa shape index (κ2) is 21.5. The first-order valence-electron chi connectivity index (χ1n) is 19.3. The fourth-order valence-corrected chi connectivity index (χ4v) is 16.0. The summed E-state index contributed by atoms with van der Waals surface area (Å²) in [5.41, 5.74) is 2.32. The fraction of sp³-hybridized carbons (Fsp3) is 0.415. The van der Waals surface area contributed by atoms with Crippen LogP contribution in [-0.4, -0.2) is 70.9 Å². The van der Waals surface area contributed by atoms with E-state index in [1.54, 1.807) is 47.6 Å². The van der Waals surface area contributed by atoms with Crippen molar-refractivity contribution in [2.24, 2.45) is 5.92 Å². The summed E-state index contributed by atoms with van der Waals surface area (Å²) in [4.78, 5) is 37.0. The van der Waals surface area contributed by atoms with Crippen molar-refractivity contribution in [3.8, 4) is 5.75 Å². The molecule has 3 N–H and O–H groups in total. The van der Waals surface area contributed by atoms with E-state index in [0.29, 0.717) is 5.75 Å². The Bertz CT molecular complexity index is 2560. The molecular formula is C41H51N5O7S7Si. The van der Waals surface area contributed by atoms with Gasteiger partial charge in [-0.05, 0) is 53.9 Å². The molecule has 0 aliphatic carbocycles. The molecule has 5 atom stereocenters. The molecule has 3 heterocycles. The van der Waals surface area contributed by atoms with Gasteiger partial charge >= 0.3 is 0 Å². The number of carbonyl (C=O) groups excluding carboxylic acids is 1. The first kappa shape index (κ1) is 48.9. The Labute approximate surface area is 381 Å². The van der Waals surface area contributed by atoms with Gasteiger partial charge in [0, 0.05) is 72.7 Å². The fourth-order valence-electron chi connectivity index (χ4n) is 6.46. The number of hydrogen-bond acceptors (Lipinski definition) is 11. The van der Waals surface area contributed by atoms with Gasteiger partial charge in [0.25, 0.3) is 5.56 Å². The Hall–Kier alpha value is -3.12. The van der Waals surface area contributed by atoms with Crippen LogP contribution >= 0.6 is 0 Å². The summed E-state index contributed by atoms with van der Waals surface area (Å²) in [7, 11) is 6.49. The molecule has 3 aromatic carbocycles. The number of H-pyrrole nitrogens is 1. The molecule has 0 bridgehead atoms. The number of aryl methyl sites for hydroxylation is 1. The molecule has 1 amide bonds. The molecule has 6 rings (SSSR count). The second-order valence-electron chi connectivity index (χ2n) is 16.1. The van der Waals surface area contributed by atoms with Gasteiger partial charge in [-0.2, -0.15) is 4.98 Å². The summed E-state index contributed by atoms with van der Waals surface area (Å²) >= 11 is 9.14. The van der Waals surface area contributed by atoms with Gasteiger partial charge in [0.1, 0.15) is 29.7 Å². The van der Waals surface area contributed by atoms with E-state index >= 15 is 0 Å². The molecule has 1 saturated heterocycles. The van der Waals surface area contributed by atoms with Crippen LogP contribution in [0.25, 0.3) is 11.2 Å². The van der Waals surface area contributed by atoms with Crippen LogP contribution in [0.4, 0.5) is 5.95 Å². The number of rotatable bonds is 12. The predicted octanol–water partition coefficient (Wildman–Crippen LogP) is 6.67. The summed E-state index contributed by atoms with van der Waals surface area (Å²) in [6.07, 6.45) is -2.43. The number of nitrogens with one attached hydrogen (secondary N) is 2. The third-order valence-electron chi connectivity index (χ3n) is 10.7. The molecule has 1 aliphatic heterocycles. The number of anilines is 1. The maximum absolute atomic E-state index is 13.1. The van der Waals surface area contributed by atoms with Crippen LogP contribution in [0.1, 0.15) is 63.1 Å². The lowest BCUT2D eigenvalue weighted by atomic mass is 9.79. The number of aliphatic hydroxyl groups is 1. The molecule has 20 heteroatoms. The van der Waals surface area contributed by atoms with E-state index in [-0.39, 0.29) is 40.6 Å². The monoisotopic (exact) mass is 977 g/mol. The van der Waals surface area contributed by atoms with Crippen molar-refractivity contribution >= 4 is 98.1 Å². The number of benzene rings is 3. The molecule has 12 nitrogen and oxygen atoms in total. The van der Waals surface area contributed by atoms with E-state index < -0.39 is 44.0 Å². The average Bonchev–Trinajstić information content (AvgIpc) is 3.79. The number of aromatic nitrogens is 4. The van der Waals surface area contributed by atoms with Crippen molar-refractivity contribution in [1.82, 2.24) is 19.5 Å². The van der Waals surface area contributed by atoms with Crippen molar-refractivity contribution in [1.29, 1.82) is 0 Å². The van der Waals surface area contributed by atoms with Crippen LogP contribution in [0.3, 0.4) is 0 Å². The highest BCUT2D eigenvalue weighted by atomic mass is 33.4. The van der Waals surface area contributed by atoms with Crippen molar-refractivity contribution < 1.29 is 28.5 Å². The standard InChI is InChI=1S/C41H51N5O7Si.S7/c1-25(2)36(48)44-39-43-35-32(37(49)45-39)42-24-46(35)38-33(47)34(53-54(8,9)40(4,5)6)31(52-38)23-51-41(27-13-11-10-12-14-27,28-17-15-26(3)16-18-28)29-19-21-30(50-7)22-20-29;1-3-5-7-6-4-2/h10-22,24-25,31,33-34,38,47H,23H2,1-9H3,(H2,43,44,45,48,49);/t31-,33+,34?,38-,41?;/m1./s1. The van der Waals surface area contributed by atoms with Gasteiger partial charge in [0.15, 0.2) is 25.7 Å². The molecule has 5 aromatic rings. The largest absolute Gasteiger partial charge is 0.497 e. The predicted molar refractivity (Wildman–Crippen MR) is 262 cm³/mol. The van der Waals surface area contributed by atoms with Crippen molar-refractivity contribution in [3.63, 3.8) is 0 Å². The number of amides is 1.